The maximum absolute atomic E-state index is 13.4. The summed E-state index contributed by atoms with van der Waals surface area (Å²) >= 11 is 6.16. The lowest BCUT2D eigenvalue weighted by molar-refractivity contribution is -0.124. The number of para-hydroxylation sites is 1. The lowest BCUT2D eigenvalue weighted by Gasteiger charge is -2.11. The number of methoxy groups -OCH3 is 1. The van der Waals surface area contributed by atoms with Gasteiger partial charge in [0.1, 0.15) is 5.75 Å². The molecule has 0 aliphatic heterocycles. The number of aryl methyl sites for hydroxylation is 1. The molecule has 0 aliphatic carbocycles. The predicted octanol–water partition coefficient (Wildman–Crippen LogP) is 5.53. The number of nitrogens with one attached hydrogen (secondary N) is 1. The number of benzene rings is 3. The van der Waals surface area contributed by atoms with Crippen molar-refractivity contribution in [2.75, 3.05) is 13.7 Å². The van der Waals surface area contributed by atoms with Crippen molar-refractivity contribution in [3.05, 3.63) is 107 Å². The van der Waals surface area contributed by atoms with Crippen molar-refractivity contribution >= 4 is 34.5 Å². The first-order valence-electron chi connectivity index (χ1n) is 12.2. The van der Waals surface area contributed by atoms with Crippen molar-refractivity contribution in [3.63, 3.8) is 0 Å². The molecule has 5 rings (SSSR count). The highest BCUT2D eigenvalue weighted by molar-refractivity contribution is 6.31. The number of amides is 1. The number of fused-ring (bicyclic) bond motifs is 1. The molecule has 39 heavy (non-hydrogen) atoms. The van der Waals surface area contributed by atoms with Gasteiger partial charge in [-0.05, 0) is 61.0 Å². The SMILES string of the molecule is COc1ccc(-c2cc(C(=O)OCC(=O)NCc3ccccc3Cl)c3c(C)nn(-c4ccccc4)c3n2)cc1. The average molecular weight is 541 g/mol. The number of carbonyl (C=O) groups excluding carboxylic acids is 2. The maximum Gasteiger partial charge on any atom is 0.339 e. The van der Waals surface area contributed by atoms with Crippen molar-refractivity contribution in [3.8, 4) is 22.7 Å². The highest BCUT2D eigenvalue weighted by Crippen LogP contribution is 2.30. The van der Waals surface area contributed by atoms with E-state index in [0.717, 1.165) is 16.8 Å². The van der Waals surface area contributed by atoms with Crippen LogP contribution in [0.5, 0.6) is 5.75 Å². The number of carbonyl (C=O) groups is 2. The first kappa shape index (κ1) is 25.9. The van der Waals surface area contributed by atoms with Gasteiger partial charge in [-0.2, -0.15) is 5.10 Å². The van der Waals surface area contributed by atoms with Gasteiger partial charge in [0.05, 0.1) is 35.1 Å². The van der Waals surface area contributed by atoms with Crippen molar-refractivity contribution in [2.45, 2.75) is 13.5 Å². The summed E-state index contributed by atoms with van der Waals surface area (Å²) in [6.07, 6.45) is 0. The van der Waals surface area contributed by atoms with E-state index in [1.807, 2.05) is 79.7 Å². The van der Waals surface area contributed by atoms with E-state index in [0.29, 0.717) is 33.2 Å². The van der Waals surface area contributed by atoms with Crippen LogP contribution < -0.4 is 10.1 Å². The summed E-state index contributed by atoms with van der Waals surface area (Å²) in [5.41, 5.74) is 4.28. The monoisotopic (exact) mass is 540 g/mol. The fourth-order valence-corrected chi connectivity index (χ4v) is 4.41. The molecule has 0 unspecified atom stereocenters. The highest BCUT2D eigenvalue weighted by Gasteiger charge is 2.22. The summed E-state index contributed by atoms with van der Waals surface area (Å²) in [4.78, 5) is 30.7. The molecule has 5 aromatic rings. The van der Waals surface area contributed by atoms with Gasteiger partial charge in [-0.1, -0.05) is 48.0 Å². The summed E-state index contributed by atoms with van der Waals surface area (Å²) in [7, 11) is 1.60. The summed E-state index contributed by atoms with van der Waals surface area (Å²) in [6, 6.07) is 25.8. The number of nitrogens with zero attached hydrogens (tertiary/aromatic N) is 3. The minimum atomic E-state index is -0.652. The molecule has 0 saturated carbocycles. The molecule has 3 aromatic carbocycles. The molecule has 0 bridgehead atoms. The van der Waals surface area contributed by atoms with Crippen LogP contribution in [0.1, 0.15) is 21.6 Å². The molecule has 1 amide bonds. The Morgan fingerprint density at radius 3 is 2.41 bits per heavy atom. The topological polar surface area (TPSA) is 95.3 Å². The van der Waals surface area contributed by atoms with Gasteiger partial charge < -0.3 is 14.8 Å². The third-order valence-electron chi connectivity index (χ3n) is 6.19. The zero-order valence-corrected chi connectivity index (χ0v) is 22.1. The molecule has 1 N–H and O–H groups in total. The smallest absolute Gasteiger partial charge is 0.339 e. The molecule has 0 atom stereocenters. The molecule has 9 heteroatoms. The minimum Gasteiger partial charge on any atom is -0.497 e. The molecule has 2 aromatic heterocycles. The van der Waals surface area contributed by atoms with Gasteiger partial charge in [-0.25, -0.2) is 14.5 Å². The lowest BCUT2D eigenvalue weighted by atomic mass is 10.1. The molecule has 196 valence electrons. The summed E-state index contributed by atoms with van der Waals surface area (Å²) in [6.45, 7) is 1.58. The van der Waals surface area contributed by atoms with Gasteiger partial charge in [-0.3, -0.25) is 4.79 Å². The molecular formula is C30H25ClN4O4. The predicted molar refractivity (Wildman–Crippen MR) is 149 cm³/mol. The second kappa shape index (κ2) is 11.4. The Morgan fingerprint density at radius 1 is 0.974 bits per heavy atom. The van der Waals surface area contributed by atoms with Gasteiger partial charge >= 0.3 is 5.97 Å². The van der Waals surface area contributed by atoms with Crippen LogP contribution in [0.4, 0.5) is 0 Å². The molecular weight excluding hydrogens is 516 g/mol. The molecule has 0 saturated heterocycles. The van der Waals surface area contributed by atoms with Crippen LogP contribution in [-0.2, 0) is 16.1 Å². The number of rotatable bonds is 8. The standard InChI is InChI=1S/C30H25ClN4O4/c1-19-28-24(30(37)39-18-27(36)32-17-21-8-6-7-11-25(21)31)16-26(20-12-14-23(38-2)15-13-20)33-29(28)35(34-19)22-9-4-3-5-10-22/h3-16H,17-18H2,1-2H3,(H,32,36). The maximum atomic E-state index is 13.4. The number of hydrogen-bond acceptors (Lipinski definition) is 6. The van der Waals surface area contributed by atoms with Crippen molar-refractivity contribution in [1.82, 2.24) is 20.1 Å². The van der Waals surface area contributed by atoms with Crippen LogP contribution in [-0.4, -0.2) is 40.4 Å². The zero-order chi connectivity index (χ0) is 27.4. The molecule has 8 nitrogen and oxygen atoms in total. The normalized spacial score (nSPS) is 10.8. The molecule has 0 radical (unpaired) electrons. The van der Waals surface area contributed by atoms with Crippen LogP contribution in [0, 0.1) is 6.92 Å². The first-order valence-corrected chi connectivity index (χ1v) is 12.6. The minimum absolute atomic E-state index is 0.222. The molecule has 0 aliphatic rings. The van der Waals surface area contributed by atoms with E-state index in [1.54, 1.807) is 23.9 Å². The Bertz CT molecular complexity index is 1650. The number of hydrogen-bond donors (Lipinski definition) is 1. The quantitative estimate of drug-likeness (QED) is 0.260. The highest BCUT2D eigenvalue weighted by atomic mass is 35.5. The lowest BCUT2D eigenvalue weighted by Crippen LogP contribution is -2.28. The summed E-state index contributed by atoms with van der Waals surface area (Å²) < 4.78 is 12.4. The molecule has 0 fully saturated rings. The van der Waals surface area contributed by atoms with Gasteiger partial charge in [0, 0.05) is 17.1 Å². The third-order valence-corrected chi connectivity index (χ3v) is 6.56. The van der Waals surface area contributed by atoms with Gasteiger partial charge in [-0.15, -0.1) is 0 Å². The Labute approximate surface area is 230 Å². The Hall–Kier alpha value is -4.69. The Kier molecular flexibility index (Phi) is 7.56. The van der Waals surface area contributed by atoms with E-state index in [4.69, 9.17) is 26.1 Å². The summed E-state index contributed by atoms with van der Waals surface area (Å²) in [5, 5.41) is 8.49. The third kappa shape index (κ3) is 5.61. The second-order valence-corrected chi connectivity index (χ2v) is 9.17. The van der Waals surface area contributed by atoms with Gasteiger partial charge in [0.25, 0.3) is 5.91 Å². The van der Waals surface area contributed by atoms with Crippen LogP contribution >= 0.6 is 11.6 Å². The van der Waals surface area contributed by atoms with E-state index in [9.17, 15) is 9.59 Å². The average Bonchev–Trinajstić information content (AvgIpc) is 3.31. The van der Waals surface area contributed by atoms with Crippen LogP contribution in [0.3, 0.4) is 0 Å². The molecule has 2 heterocycles. The molecule has 0 spiro atoms. The number of aromatic nitrogens is 3. The van der Waals surface area contributed by atoms with Crippen molar-refractivity contribution < 1.29 is 19.1 Å². The van der Waals surface area contributed by atoms with E-state index in [2.05, 4.69) is 10.4 Å². The number of esters is 1. The van der Waals surface area contributed by atoms with E-state index in [-0.39, 0.29) is 12.1 Å². The van der Waals surface area contributed by atoms with Crippen LogP contribution in [0.25, 0.3) is 28.0 Å². The van der Waals surface area contributed by atoms with E-state index >= 15 is 0 Å². The van der Waals surface area contributed by atoms with Crippen molar-refractivity contribution in [1.29, 1.82) is 0 Å². The van der Waals surface area contributed by atoms with Gasteiger partial charge in [0.15, 0.2) is 12.3 Å². The fraction of sp³-hybridized carbons (Fsp3) is 0.133. The largest absolute Gasteiger partial charge is 0.497 e. The number of halogens is 1. The Morgan fingerprint density at radius 2 is 1.69 bits per heavy atom. The van der Waals surface area contributed by atoms with Gasteiger partial charge in [0.2, 0.25) is 0 Å². The number of ether oxygens (including phenoxy) is 2. The Balaban J connectivity index is 1.46. The van der Waals surface area contributed by atoms with Crippen molar-refractivity contribution in [2.24, 2.45) is 0 Å². The zero-order valence-electron chi connectivity index (χ0n) is 21.3. The van der Waals surface area contributed by atoms with Crippen LogP contribution in [0.2, 0.25) is 5.02 Å². The summed E-state index contributed by atoms with van der Waals surface area (Å²) in [5.74, 6) is -0.395. The van der Waals surface area contributed by atoms with E-state index < -0.39 is 18.5 Å². The first-order chi connectivity index (χ1) is 18.9. The number of pyridine rings is 1. The fourth-order valence-electron chi connectivity index (χ4n) is 4.20. The second-order valence-electron chi connectivity index (χ2n) is 8.76. The van der Waals surface area contributed by atoms with E-state index in [1.165, 1.54) is 0 Å². The van der Waals surface area contributed by atoms with Crippen LogP contribution in [0.15, 0.2) is 84.9 Å².